The Morgan fingerprint density at radius 3 is 1.24 bits per heavy atom. The van der Waals surface area contributed by atoms with Gasteiger partial charge in [-0.1, -0.05) is 90.5 Å². The highest BCUT2D eigenvalue weighted by molar-refractivity contribution is 4.78. The van der Waals surface area contributed by atoms with Gasteiger partial charge < -0.3 is 18.9 Å². The molecule has 0 radical (unpaired) electrons. The van der Waals surface area contributed by atoms with Gasteiger partial charge in [0, 0.05) is 39.6 Å². The molecule has 1 saturated carbocycles. The number of rotatable bonds is 0. The molecule has 4 heterocycles. The summed E-state index contributed by atoms with van der Waals surface area (Å²) in [5, 5.41) is 0. The van der Waals surface area contributed by atoms with Crippen LogP contribution in [0.4, 0.5) is 0 Å². The van der Waals surface area contributed by atoms with Gasteiger partial charge in [0.05, 0.1) is 12.2 Å². The van der Waals surface area contributed by atoms with Gasteiger partial charge >= 0.3 is 0 Å². The third-order valence-electron chi connectivity index (χ3n) is 8.78. The van der Waals surface area contributed by atoms with Crippen molar-refractivity contribution in [2.75, 3.05) is 39.6 Å². The molecule has 258 valence electrons. The fourth-order valence-electron chi connectivity index (χ4n) is 5.67. The van der Waals surface area contributed by atoms with Crippen LogP contribution in [0.25, 0.3) is 0 Å². The summed E-state index contributed by atoms with van der Waals surface area (Å²) >= 11 is 0. The maximum Gasteiger partial charge on any atom is 0.0624 e. The Morgan fingerprint density at radius 2 is 1.00 bits per heavy atom. The molecule has 5 aliphatic rings. The lowest BCUT2D eigenvalue weighted by Crippen LogP contribution is -2.24. The fourth-order valence-corrected chi connectivity index (χ4v) is 5.67. The Balaban J connectivity index is -0.000000447. The van der Waals surface area contributed by atoms with Crippen molar-refractivity contribution in [3.05, 3.63) is 0 Å². The molecule has 0 bridgehead atoms. The van der Waals surface area contributed by atoms with Crippen molar-refractivity contribution >= 4 is 0 Å². The van der Waals surface area contributed by atoms with E-state index >= 15 is 0 Å². The molecule has 5 rings (SSSR count). The Hall–Kier alpha value is -0.160. The fraction of sp³-hybridized carbons (Fsp3) is 1.00. The molecule has 3 unspecified atom stereocenters. The number of ether oxygens (including phenoxy) is 4. The quantitative estimate of drug-likeness (QED) is 0.276. The Bertz CT molecular complexity index is 470. The van der Waals surface area contributed by atoms with Crippen molar-refractivity contribution in [3.63, 3.8) is 0 Å². The first kappa shape index (κ1) is 46.3. The van der Waals surface area contributed by atoms with Crippen LogP contribution in [0, 0.1) is 28.6 Å². The zero-order chi connectivity index (χ0) is 29.2. The summed E-state index contributed by atoms with van der Waals surface area (Å²) < 4.78 is 21.1. The molecule has 0 aromatic carbocycles. The molecule has 0 N–H and O–H groups in total. The summed E-state index contributed by atoms with van der Waals surface area (Å²) in [6.45, 7) is 26.4. The highest BCUT2D eigenvalue weighted by Crippen LogP contribution is 2.38. The maximum absolute atomic E-state index is 5.52. The zero-order valence-corrected chi connectivity index (χ0v) is 28.0. The van der Waals surface area contributed by atoms with Gasteiger partial charge in [-0.3, -0.25) is 0 Å². The number of hydrogen-bond donors (Lipinski definition) is 0. The molecule has 4 saturated heterocycles. The second-order valence-corrected chi connectivity index (χ2v) is 15.0. The van der Waals surface area contributed by atoms with Crippen LogP contribution in [-0.4, -0.2) is 51.8 Å². The lowest BCUT2D eigenvalue weighted by Gasteiger charge is -2.26. The van der Waals surface area contributed by atoms with Gasteiger partial charge in [-0.25, -0.2) is 0 Å². The third kappa shape index (κ3) is 24.2. The van der Waals surface area contributed by atoms with Crippen molar-refractivity contribution in [1.82, 2.24) is 0 Å². The molecule has 0 aromatic heterocycles. The predicted molar refractivity (Wildman–Crippen MR) is 188 cm³/mol. The van der Waals surface area contributed by atoms with E-state index in [4.69, 9.17) is 18.9 Å². The van der Waals surface area contributed by atoms with E-state index in [0.29, 0.717) is 23.0 Å². The Kier molecular flexibility index (Phi) is 28.7. The van der Waals surface area contributed by atoms with Gasteiger partial charge in [-0.2, -0.15) is 0 Å². The van der Waals surface area contributed by atoms with Gasteiger partial charge in [-0.15, -0.1) is 0 Å². The Labute approximate surface area is 267 Å². The van der Waals surface area contributed by atoms with E-state index < -0.39 is 0 Å². The van der Waals surface area contributed by atoms with Crippen LogP contribution in [0.5, 0.6) is 0 Å². The topological polar surface area (TPSA) is 36.9 Å². The van der Waals surface area contributed by atoms with Crippen LogP contribution >= 0.6 is 0 Å². The van der Waals surface area contributed by atoms with Crippen LogP contribution in [0.2, 0.25) is 0 Å². The van der Waals surface area contributed by atoms with Crippen LogP contribution in [0.1, 0.15) is 168 Å². The summed E-state index contributed by atoms with van der Waals surface area (Å²) in [6, 6.07) is 0. The normalized spacial score (nSPS) is 26.4. The molecule has 5 fully saturated rings. The van der Waals surface area contributed by atoms with Crippen LogP contribution in [0.3, 0.4) is 0 Å². The van der Waals surface area contributed by atoms with Crippen LogP contribution in [-0.2, 0) is 18.9 Å². The lowest BCUT2D eigenvalue weighted by molar-refractivity contribution is 0.0285. The average molecular weight is 603 g/mol. The molecule has 1 aliphatic carbocycles. The van der Waals surface area contributed by atoms with Crippen molar-refractivity contribution in [2.45, 2.75) is 180 Å². The largest absolute Gasteiger partial charge is 0.381 e. The molecule has 4 heteroatoms. The summed E-state index contributed by atoms with van der Waals surface area (Å²) in [5.74, 6) is 2.74. The SMILES string of the molecule is C.C.C.CC(C)(C)C1CCCC1.CC(C)(C)C1CCCO1.CC1CCCCO1.CC1CCCOC1.CC1CCOCC1. The highest BCUT2D eigenvalue weighted by atomic mass is 16.5. The second-order valence-electron chi connectivity index (χ2n) is 15.0. The van der Waals surface area contributed by atoms with Crippen molar-refractivity contribution in [2.24, 2.45) is 28.6 Å². The minimum absolute atomic E-state index is 0. The van der Waals surface area contributed by atoms with E-state index in [0.717, 1.165) is 57.4 Å². The number of hydrogen-bond acceptors (Lipinski definition) is 4. The lowest BCUT2D eigenvalue weighted by atomic mass is 9.80. The van der Waals surface area contributed by atoms with Crippen molar-refractivity contribution in [1.29, 1.82) is 0 Å². The minimum Gasteiger partial charge on any atom is -0.381 e. The van der Waals surface area contributed by atoms with Crippen LogP contribution < -0.4 is 0 Å². The first-order valence-electron chi connectivity index (χ1n) is 16.8. The monoisotopic (exact) mass is 603 g/mol. The Morgan fingerprint density at radius 1 is 0.452 bits per heavy atom. The summed E-state index contributed by atoms with van der Waals surface area (Å²) in [6.07, 6.45) is 18.5. The third-order valence-corrected chi connectivity index (χ3v) is 8.78. The van der Waals surface area contributed by atoms with E-state index in [1.807, 2.05) is 0 Å². The molecular weight excluding hydrogens is 520 g/mol. The highest BCUT2D eigenvalue weighted by Gasteiger charge is 2.28. The van der Waals surface area contributed by atoms with Crippen molar-refractivity contribution in [3.8, 4) is 0 Å². The summed E-state index contributed by atoms with van der Waals surface area (Å²) in [7, 11) is 0. The smallest absolute Gasteiger partial charge is 0.0624 e. The molecule has 0 spiro atoms. The first-order valence-corrected chi connectivity index (χ1v) is 16.8. The maximum atomic E-state index is 5.52. The van der Waals surface area contributed by atoms with Gasteiger partial charge in [-0.05, 0) is 106 Å². The van der Waals surface area contributed by atoms with Gasteiger partial charge in [0.15, 0.2) is 0 Å². The second kappa shape index (κ2) is 26.1. The standard InChI is InChI=1S/C9H18.C8H16O.3C6H12O.3CH4/c1-9(2,3)8-6-4-5-7-8;1-8(2,3)7-5-4-6-9-7;1-6-2-4-7-5-3-6;1-6-3-2-4-7-5-6;1-6-4-2-3-5-7-6;;;/h8H,4-7H2,1-3H3;7H,4-6H2,1-3H3;3*6H,2-5H2,1H3;3*1H4. The van der Waals surface area contributed by atoms with Gasteiger partial charge in [0.1, 0.15) is 0 Å². The zero-order valence-electron chi connectivity index (χ0n) is 28.0. The van der Waals surface area contributed by atoms with E-state index in [1.165, 1.54) is 83.5 Å². The van der Waals surface area contributed by atoms with E-state index in [9.17, 15) is 0 Å². The molecule has 0 aromatic rings. The van der Waals surface area contributed by atoms with Crippen LogP contribution in [0.15, 0.2) is 0 Å². The molecule has 3 atom stereocenters. The summed E-state index contributed by atoms with van der Waals surface area (Å²) in [5.41, 5.74) is 0.938. The van der Waals surface area contributed by atoms with E-state index in [1.54, 1.807) is 0 Å². The summed E-state index contributed by atoms with van der Waals surface area (Å²) in [4.78, 5) is 0. The molecule has 42 heavy (non-hydrogen) atoms. The molecule has 4 nitrogen and oxygen atoms in total. The predicted octanol–water partition coefficient (Wildman–Crippen LogP) is 11.8. The van der Waals surface area contributed by atoms with E-state index in [2.05, 4.69) is 62.3 Å². The van der Waals surface area contributed by atoms with E-state index in [-0.39, 0.29) is 22.3 Å². The van der Waals surface area contributed by atoms with Gasteiger partial charge in [0.2, 0.25) is 0 Å². The molecular formula is C38H82O4. The average Bonchev–Trinajstić information content (AvgIpc) is 3.62. The first-order chi connectivity index (χ1) is 18.4. The molecule has 0 amide bonds. The minimum atomic E-state index is 0. The van der Waals surface area contributed by atoms with Crippen molar-refractivity contribution < 1.29 is 18.9 Å². The molecule has 4 aliphatic heterocycles. The van der Waals surface area contributed by atoms with Gasteiger partial charge in [0.25, 0.3) is 0 Å².